The molecule has 0 saturated heterocycles. The number of furan rings is 1. The second-order valence-corrected chi connectivity index (χ2v) is 4.96. The van der Waals surface area contributed by atoms with Gasteiger partial charge < -0.3 is 14.1 Å². The number of aryl methyl sites for hydroxylation is 1. The molecular formula is C16H13N3O2. The van der Waals surface area contributed by atoms with E-state index in [9.17, 15) is 0 Å². The van der Waals surface area contributed by atoms with Crippen molar-refractivity contribution >= 4 is 22.1 Å². The number of nitrogens with one attached hydrogen (secondary N) is 1. The first-order valence-electron chi connectivity index (χ1n) is 6.64. The number of aromatic nitrogens is 3. The van der Waals surface area contributed by atoms with Crippen LogP contribution in [0.5, 0.6) is 5.88 Å². The maximum atomic E-state index is 5.84. The van der Waals surface area contributed by atoms with Gasteiger partial charge in [0.2, 0.25) is 5.88 Å². The van der Waals surface area contributed by atoms with Crippen molar-refractivity contribution in [2.24, 2.45) is 0 Å². The number of pyridine rings is 1. The fourth-order valence-corrected chi connectivity index (χ4v) is 2.39. The number of methoxy groups -OCH3 is 1. The monoisotopic (exact) mass is 279 g/mol. The highest BCUT2D eigenvalue weighted by Crippen LogP contribution is 2.28. The van der Waals surface area contributed by atoms with Crippen LogP contribution in [0.4, 0.5) is 0 Å². The van der Waals surface area contributed by atoms with Crippen LogP contribution in [0.15, 0.2) is 40.8 Å². The van der Waals surface area contributed by atoms with Crippen LogP contribution in [0.25, 0.3) is 33.7 Å². The van der Waals surface area contributed by atoms with E-state index in [1.807, 2.05) is 24.3 Å². The summed E-state index contributed by atoms with van der Waals surface area (Å²) in [6, 6.07) is 11.8. The molecule has 21 heavy (non-hydrogen) atoms. The predicted octanol–water partition coefficient (Wildman–Crippen LogP) is 3.69. The van der Waals surface area contributed by atoms with Crippen LogP contribution in [-0.4, -0.2) is 22.1 Å². The van der Waals surface area contributed by atoms with Crippen LogP contribution in [-0.2, 0) is 0 Å². The molecule has 104 valence electrons. The minimum absolute atomic E-state index is 0.542. The molecule has 0 radical (unpaired) electrons. The molecule has 0 spiro atoms. The van der Waals surface area contributed by atoms with E-state index in [0.717, 1.165) is 16.5 Å². The standard InChI is InChI=1S/C16H13N3O2/c1-9-3-5-12-10(7-9)8-13(21-12)16-17-11-4-6-14(20-2)18-15(11)19-16/h3-8H,1-2H3,(H,17,18,19). The molecule has 0 saturated carbocycles. The van der Waals surface area contributed by atoms with Crippen molar-refractivity contribution in [3.8, 4) is 17.5 Å². The summed E-state index contributed by atoms with van der Waals surface area (Å²) < 4.78 is 11.0. The highest BCUT2D eigenvalue weighted by molar-refractivity contribution is 5.84. The van der Waals surface area contributed by atoms with Crippen molar-refractivity contribution in [2.75, 3.05) is 7.11 Å². The Morgan fingerprint density at radius 2 is 2.00 bits per heavy atom. The largest absolute Gasteiger partial charge is 0.481 e. The van der Waals surface area contributed by atoms with Crippen molar-refractivity contribution in [1.82, 2.24) is 15.0 Å². The molecule has 4 aromatic rings. The minimum Gasteiger partial charge on any atom is -0.481 e. The molecule has 5 heteroatoms. The first kappa shape index (κ1) is 12.0. The second kappa shape index (κ2) is 4.34. The maximum Gasteiger partial charge on any atom is 0.215 e. The quantitative estimate of drug-likeness (QED) is 0.608. The molecule has 0 amide bonds. The molecule has 0 aliphatic heterocycles. The van der Waals surface area contributed by atoms with Crippen LogP contribution in [0.2, 0.25) is 0 Å². The number of aromatic amines is 1. The maximum absolute atomic E-state index is 5.84. The van der Waals surface area contributed by atoms with Crippen molar-refractivity contribution in [3.05, 3.63) is 42.0 Å². The highest BCUT2D eigenvalue weighted by Gasteiger charge is 2.12. The van der Waals surface area contributed by atoms with E-state index in [4.69, 9.17) is 9.15 Å². The molecule has 3 heterocycles. The van der Waals surface area contributed by atoms with Gasteiger partial charge in [-0.3, -0.25) is 0 Å². The Bertz CT molecular complexity index is 953. The summed E-state index contributed by atoms with van der Waals surface area (Å²) in [6.07, 6.45) is 0. The van der Waals surface area contributed by atoms with Gasteiger partial charge in [0.15, 0.2) is 17.2 Å². The van der Waals surface area contributed by atoms with E-state index in [1.165, 1.54) is 5.56 Å². The number of ether oxygens (including phenoxy) is 1. The van der Waals surface area contributed by atoms with E-state index in [2.05, 4.69) is 27.9 Å². The average Bonchev–Trinajstić information content (AvgIpc) is 3.08. The molecule has 4 rings (SSSR count). The van der Waals surface area contributed by atoms with Gasteiger partial charge in [-0.1, -0.05) is 11.6 Å². The zero-order chi connectivity index (χ0) is 14.4. The summed E-state index contributed by atoms with van der Waals surface area (Å²) in [5.41, 5.74) is 3.51. The Labute approximate surface area is 120 Å². The van der Waals surface area contributed by atoms with Crippen LogP contribution >= 0.6 is 0 Å². The van der Waals surface area contributed by atoms with Gasteiger partial charge in [0, 0.05) is 11.5 Å². The van der Waals surface area contributed by atoms with Crippen LogP contribution < -0.4 is 4.74 Å². The number of hydrogen-bond donors (Lipinski definition) is 1. The van der Waals surface area contributed by atoms with Gasteiger partial charge in [-0.15, -0.1) is 0 Å². The summed E-state index contributed by atoms with van der Waals surface area (Å²) in [5.74, 6) is 1.91. The van der Waals surface area contributed by atoms with E-state index in [1.54, 1.807) is 13.2 Å². The molecule has 1 aromatic carbocycles. The van der Waals surface area contributed by atoms with Gasteiger partial charge in [0.25, 0.3) is 0 Å². The summed E-state index contributed by atoms with van der Waals surface area (Å²) in [6.45, 7) is 2.06. The lowest BCUT2D eigenvalue weighted by Crippen LogP contribution is -1.86. The number of nitrogens with zero attached hydrogens (tertiary/aromatic N) is 2. The second-order valence-electron chi connectivity index (χ2n) is 4.96. The molecule has 3 aromatic heterocycles. The molecular weight excluding hydrogens is 266 g/mol. The number of imidazole rings is 1. The molecule has 1 N–H and O–H groups in total. The average molecular weight is 279 g/mol. The van der Waals surface area contributed by atoms with Crippen molar-refractivity contribution < 1.29 is 9.15 Å². The van der Waals surface area contributed by atoms with E-state index >= 15 is 0 Å². The SMILES string of the molecule is COc1ccc2[nH]c(-c3cc4cc(C)ccc4o3)nc2n1. The van der Waals surface area contributed by atoms with Gasteiger partial charge in [-0.2, -0.15) is 4.98 Å². The molecule has 0 aliphatic rings. The normalized spacial score (nSPS) is 11.3. The van der Waals surface area contributed by atoms with Crippen LogP contribution in [0.3, 0.4) is 0 Å². The van der Waals surface area contributed by atoms with E-state index in [-0.39, 0.29) is 0 Å². The lowest BCUT2D eigenvalue weighted by atomic mass is 10.2. The Kier molecular flexibility index (Phi) is 2.47. The first-order valence-corrected chi connectivity index (χ1v) is 6.64. The van der Waals surface area contributed by atoms with Crippen molar-refractivity contribution in [2.45, 2.75) is 6.92 Å². The highest BCUT2D eigenvalue weighted by atomic mass is 16.5. The van der Waals surface area contributed by atoms with Crippen molar-refractivity contribution in [3.63, 3.8) is 0 Å². The van der Waals surface area contributed by atoms with Crippen molar-refractivity contribution in [1.29, 1.82) is 0 Å². The lowest BCUT2D eigenvalue weighted by Gasteiger charge is -1.95. The molecule has 0 atom stereocenters. The topological polar surface area (TPSA) is 63.9 Å². The van der Waals surface area contributed by atoms with E-state index < -0.39 is 0 Å². The zero-order valence-corrected chi connectivity index (χ0v) is 11.7. The van der Waals surface area contributed by atoms with E-state index in [0.29, 0.717) is 23.1 Å². The van der Waals surface area contributed by atoms with Crippen LogP contribution in [0.1, 0.15) is 5.56 Å². The van der Waals surface area contributed by atoms with Gasteiger partial charge >= 0.3 is 0 Å². The van der Waals surface area contributed by atoms with Gasteiger partial charge in [0.05, 0.1) is 12.6 Å². The lowest BCUT2D eigenvalue weighted by molar-refractivity contribution is 0.399. The number of rotatable bonds is 2. The molecule has 0 unspecified atom stereocenters. The summed E-state index contributed by atoms with van der Waals surface area (Å²) in [5, 5.41) is 1.07. The Hall–Kier alpha value is -2.82. The first-order chi connectivity index (χ1) is 10.2. The Balaban J connectivity index is 1.87. The predicted molar refractivity (Wildman–Crippen MR) is 80.4 cm³/mol. The summed E-state index contributed by atoms with van der Waals surface area (Å²) >= 11 is 0. The Morgan fingerprint density at radius 1 is 1.10 bits per heavy atom. The number of H-pyrrole nitrogens is 1. The molecule has 0 aliphatic carbocycles. The fourth-order valence-electron chi connectivity index (χ4n) is 2.39. The summed E-state index contributed by atoms with van der Waals surface area (Å²) in [4.78, 5) is 12.0. The van der Waals surface area contributed by atoms with Gasteiger partial charge in [-0.25, -0.2) is 4.98 Å². The molecule has 0 bridgehead atoms. The third-order valence-electron chi connectivity index (χ3n) is 3.43. The van der Waals surface area contributed by atoms with Gasteiger partial charge in [0.1, 0.15) is 5.58 Å². The number of hydrogen-bond acceptors (Lipinski definition) is 4. The fraction of sp³-hybridized carbons (Fsp3) is 0.125. The Morgan fingerprint density at radius 3 is 2.86 bits per heavy atom. The zero-order valence-electron chi connectivity index (χ0n) is 11.7. The third kappa shape index (κ3) is 1.94. The smallest absolute Gasteiger partial charge is 0.215 e. The summed E-state index contributed by atoms with van der Waals surface area (Å²) in [7, 11) is 1.59. The third-order valence-corrected chi connectivity index (χ3v) is 3.43. The number of benzene rings is 1. The molecule has 5 nitrogen and oxygen atoms in total. The van der Waals surface area contributed by atoms with Gasteiger partial charge in [-0.05, 0) is 31.2 Å². The molecule has 0 fully saturated rings. The minimum atomic E-state index is 0.542. The number of fused-ring (bicyclic) bond motifs is 2. The van der Waals surface area contributed by atoms with Crippen LogP contribution in [0, 0.1) is 6.92 Å².